The SMILES string of the molecule is CC(C)c1ccc(OCC(=O)O[C@H](C)C(=O)Nc2ccc(C#N)cc2)cc1. The molecule has 0 fully saturated rings. The largest absolute Gasteiger partial charge is 0.482 e. The topological polar surface area (TPSA) is 88.4 Å². The molecule has 2 rings (SSSR count). The first-order valence-corrected chi connectivity index (χ1v) is 8.62. The Morgan fingerprint density at radius 1 is 1.04 bits per heavy atom. The summed E-state index contributed by atoms with van der Waals surface area (Å²) in [6.45, 7) is 5.39. The number of carbonyl (C=O) groups excluding carboxylic acids is 2. The Kier molecular flexibility index (Phi) is 6.95. The Bertz CT molecular complexity index is 821. The molecule has 1 amide bonds. The normalized spacial score (nSPS) is 11.4. The van der Waals surface area contributed by atoms with Gasteiger partial charge >= 0.3 is 5.97 Å². The van der Waals surface area contributed by atoms with Gasteiger partial charge in [0.15, 0.2) is 12.7 Å². The Balaban J connectivity index is 1.79. The van der Waals surface area contributed by atoms with E-state index in [2.05, 4.69) is 19.2 Å². The quantitative estimate of drug-likeness (QED) is 0.756. The van der Waals surface area contributed by atoms with Gasteiger partial charge in [-0.05, 0) is 54.8 Å². The van der Waals surface area contributed by atoms with Crippen molar-refractivity contribution in [2.75, 3.05) is 11.9 Å². The fourth-order valence-corrected chi connectivity index (χ4v) is 2.25. The van der Waals surface area contributed by atoms with Gasteiger partial charge < -0.3 is 14.8 Å². The van der Waals surface area contributed by atoms with Crippen LogP contribution in [0.3, 0.4) is 0 Å². The number of nitriles is 1. The molecule has 0 unspecified atom stereocenters. The fourth-order valence-electron chi connectivity index (χ4n) is 2.25. The van der Waals surface area contributed by atoms with Gasteiger partial charge in [0.2, 0.25) is 0 Å². The zero-order valence-electron chi connectivity index (χ0n) is 15.6. The van der Waals surface area contributed by atoms with Crippen LogP contribution < -0.4 is 10.1 Å². The van der Waals surface area contributed by atoms with Crippen molar-refractivity contribution in [2.24, 2.45) is 0 Å². The fraction of sp³-hybridized carbons (Fsp3) is 0.286. The molecule has 2 aromatic carbocycles. The molecule has 0 spiro atoms. The van der Waals surface area contributed by atoms with E-state index in [9.17, 15) is 9.59 Å². The van der Waals surface area contributed by atoms with Crippen molar-refractivity contribution in [3.8, 4) is 11.8 Å². The van der Waals surface area contributed by atoms with E-state index in [1.165, 1.54) is 12.5 Å². The second-order valence-electron chi connectivity index (χ2n) is 6.32. The summed E-state index contributed by atoms with van der Waals surface area (Å²) >= 11 is 0. The number of ether oxygens (including phenoxy) is 2. The van der Waals surface area contributed by atoms with E-state index < -0.39 is 18.0 Å². The number of anilines is 1. The molecule has 0 saturated carbocycles. The van der Waals surface area contributed by atoms with Gasteiger partial charge in [-0.3, -0.25) is 4.79 Å². The second-order valence-corrected chi connectivity index (χ2v) is 6.32. The molecule has 1 N–H and O–H groups in total. The van der Waals surface area contributed by atoms with Crippen LogP contribution in [0.25, 0.3) is 0 Å². The van der Waals surface area contributed by atoms with E-state index in [4.69, 9.17) is 14.7 Å². The van der Waals surface area contributed by atoms with Crippen LogP contribution in [0.1, 0.15) is 37.8 Å². The number of rotatable bonds is 7. The molecule has 6 heteroatoms. The minimum atomic E-state index is -0.972. The van der Waals surface area contributed by atoms with E-state index in [0.29, 0.717) is 22.9 Å². The Morgan fingerprint density at radius 2 is 1.67 bits per heavy atom. The number of benzene rings is 2. The van der Waals surface area contributed by atoms with E-state index in [0.717, 1.165) is 0 Å². The highest BCUT2D eigenvalue weighted by molar-refractivity contribution is 5.95. The van der Waals surface area contributed by atoms with Crippen LogP contribution in [-0.4, -0.2) is 24.6 Å². The Morgan fingerprint density at radius 3 is 2.22 bits per heavy atom. The smallest absolute Gasteiger partial charge is 0.344 e. The van der Waals surface area contributed by atoms with Crippen molar-refractivity contribution in [3.05, 3.63) is 59.7 Å². The van der Waals surface area contributed by atoms with Crippen molar-refractivity contribution in [1.29, 1.82) is 5.26 Å². The number of hydrogen-bond donors (Lipinski definition) is 1. The lowest BCUT2D eigenvalue weighted by Gasteiger charge is -2.14. The number of esters is 1. The van der Waals surface area contributed by atoms with Gasteiger partial charge in [0, 0.05) is 5.69 Å². The van der Waals surface area contributed by atoms with Gasteiger partial charge in [-0.25, -0.2) is 4.79 Å². The average molecular weight is 366 g/mol. The van der Waals surface area contributed by atoms with Gasteiger partial charge in [-0.1, -0.05) is 26.0 Å². The van der Waals surface area contributed by atoms with Crippen LogP contribution in [-0.2, 0) is 14.3 Å². The van der Waals surface area contributed by atoms with Crippen molar-refractivity contribution in [1.82, 2.24) is 0 Å². The monoisotopic (exact) mass is 366 g/mol. The van der Waals surface area contributed by atoms with Crippen molar-refractivity contribution >= 4 is 17.6 Å². The lowest BCUT2D eigenvalue weighted by molar-refractivity contribution is -0.155. The zero-order valence-corrected chi connectivity index (χ0v) is 15.6. The number of nitrogens with zero attached hydrogens (tertiary/aromatic N) is 1. The highest BCUT2D eigenvalue weighted by Crippen LogP contribution is 2.18. The van der Waals surface area contributed by atoms with Crippen molar-refractivity contribution < 1.29 is 19.1 Å². The molecule has 1 atom stereocenters. The van der Waals surface area contributed by atoms with Crippen LogP contribution in [0, 0.1) is 11.3 Å². The number of amides is 1. The summed E-state index contributed by atoms with van der Waals surface area (Å²) < 4.78 is 10.5. The molecule has 0 radical (unpaired) electrons. The highest BCUT2D eigenvalue weighted by atomic mass is 16.6. The summed E-state index contributed by atoms with van der Waals surface area (Å²) in [5, 5.41) is 11.4. The highest BCUT2D eigenvalue weighted by Gasteiger charge is 2.18. The van der Waals surface area contributed by atoms with Crippen LogP contribution in [0.15, 0.2) is 48.5 Å². The maximum absolute atomic E-state index is 12.1. The molecule has 0 aliphatic rings. The van der Waals surface area contributed by atoms with Crippen molar-refractivity contribution in [3.63, 3.8) is 0 Å². The third-order valence-electron chi connectivity index (χ3n) is 3.86. The molecule has 6 nitrogen and oxygen atoms in total. The number of carbonyl (C=O) groups is 2. The summed E-state index contributed by atoms with van der Waals surface area (Å²) in [5.41, 5.74) is 2.19. The van der Waals surface area contributed by atoms with Crippen LogP contribution in [0.5, 0.6) is 5.75 Å². The molecule has 27 heavy (non-hydrogen) atoms. The van der Waals surface area contributed by atoms with Gasteiger partial charge in [0.05, 0.1) is 11.6 Å². The molecule has 2 aromatic rings. The standard InChI is InChI=1S/C21H22N2O4/c1-14(2)17-6-10-19(11-7-17)26-13-20(24)27-15(3)21(25)23-18-8-4-16(12-22)5-9-18/h4-11,14-15H,13H2,1-3H3,(H,23,25)/t15-/m1/s1. The molecule has 140 valence electrons. The van der Waals surface area contributed by atoms with E-state index >= 15 is 0 Å². The Labute approximate surface area is 158 Å². The van der Waals surface area contributed by atoms with Gasteiger partial charge in [-0.15, -0.1) is 0 Å². The Hall–Kier alpha value is -3.33. The number of nitrogens with one attached hydrogen (secondary N) is 1. The molecule has 0 aliphatic carbocycles. The first kappa shape index (κ1) is 20.0. The second kappa shape index (κ2) is 9.39. The van der Waals surface area contributed by atoms with E-state index in [1.54, 1.807) is 36.4 Å². The molecule has 0 aliphatic heterocycles. The van der Waals surface area contributed by atoms with Gasteiger partial charge in [0.25, 0.3) is 5.91 Å². The first-order chi connectivity index (χ1) is 12.9. The van der Waals surface area contributed by atoms with Crippen LogP contribution in [0.4, 0.5) is 5.69 Å². The third kappa shape index (κ3) is 6.15. The van der Waals surface area contributed by atoms with Crippen molar-refractivity contribution in [2.45, 2.75) is 32.8 Å². The minimum Gasteiger partial charge on any atom is -0.482 e. The molecule has 0 saturated heterocycles. The molecule has 0 aromatic heterocycles. The van der Waals surface area contributed by atoms with Crippen LogP contribution >= 0.6 is 0 Å². The lowest BCUT2D eigenvalue weighted by atomic mass is 10.0. The van der Waals surface area contributed by atoms with E-state index in [1.807, 2.05) is 18.2 Å². The van der Waals surface area contributed by atoms with Gasteiger partial charge in [0.1, 0.15) is 5.75 Å². The maximum Gasteiger partial charge on any atom is 0.344 e. The van der Waals surface area contributed by atoms with E-state index in [-0.39, 0.29) is 6.61 Å². The molecular weight excluding hydrogens is 344 g/mol. The molecular formula is C21H22N2O4. The third-order valence-corrected chi connectivity index (χ3v) is 3.86. The first-order valence-electron chi connectivity index (χ1n) is 8.62. The summed E-state index contributed by atoms with van der Waals surface area (Å²) in [7, 11) is 0. The molecule has 0 heterocycles. The van der Waals surface area contributed by atoms with Gasteiger partial charge in [-0.2, -0.15) is 5.26 Å². The van der Waals surface area contributed by atoms with Crippen LogP contribution in [0.2, 0.25) is 0 Å². The summed E-state index contributed by atoms with van der Waals surface area (Å²) in [6.07, 6.45) is -0.972. The average Bonchev–Trinajstić information content (AvgIpc) is 2.67. The minimum absolute atomic E-state index is 0.282. The predicted octanol–water partition coefficient (Wildman–Crippen LogP) is 3.63. The summed E-state index contributed by atoms with van der Waals surface area (Å²) in [5.74, 6) is -0.120. The summed E-state index contributed by atoms with van der Waals surface area (Å²) in [4.78, 5) is 24.0. The predicted molar refractivity (Wildman–Crippen MR) is 101 cm³/mol. The lowest BCUT2D eigenvalue weighted by Crippen LogP contribution is -2.31. The molecule has 0 bridgehead atoms. The zero-order chi connectivity index (χ0) is 19.8. The maximum atomic E-state index is 12.1. The number of hydrogen-bond acceptors (Lipinski definition) is 5. The summed E-state index contributed by atoms with van der Waals surface area (Å²) in [6, 6.07) is 15.9.